The zero-order valence-electron chi connectivity index (χ0n) is 39.2. The summed E-state index contributed by atoms with van der Waals surface area (Å²) in [7, 11) is 0. The molecule has 9 rings (SSSR count). The standard InChI is InChI=1S/C58H59N5O/c1-55(2,3)41-29-30-59-52(34-41)63-50-28-19-18-27-48(50)53-49(39-21-14-12-15-22-39)36-47(37-51(53)63)64-46-26-20-25-44(35-46)61-38-62(60-54(61)58(10,11)40-23-16-13-17-24-40)45-32-42(56(4,5)6)31-43(33-45)57(7,8)9/h12-37H,1-11H3. The van der Waals surface area contributed by atoms with E-state index in [1.807, 2.05) is 16.9 Å². The highest BCUT2D eigenvalue weighted by atomic mass is 16.5. The molecule has 0 N–H and O–H groups in total. The predicted octanol–water partition coefficient (Wildman–Crippen LogP) is 14.1. The van der Waals surface area contributed by atoms with Gasteiger partial charge in [-0.1, -0.05) is 185 Å². The summed E-state index contributed by atoms with van der Waals surface area (Å²) < 4.78 is 13.3. The van der Waals surface area contributed by atoms with Gasteiger partial charge < -0.3 is 4.74 Å². The van der Waals surface area contributed by atoms with Gasteiger partial charge in [0.1, 0.15) is 17.3 Å². The first-order valence-corrected chi connectivity index (χ1v) is 22.4. The third-order valence-electron chi connectivity index (χ3n) is 12.5. The lowest BCUT2D eigenvalue weighted by Gasteiger charge is -2.26. The maximum absolute atomic E-state index is 7.00. The van der Waals surface area contributed by atoms with Crippen LogP contribution in [0.25, 0.3) is 50.1 Å². The monoisotopic (exact) mass is 841 g/mol. The third-order valence-corrected chi connectivity index (χ3v) is 12.5. The van der Waals surface area contributed by atoms with Crippen LogP contribution in [0.4, 0.5) is 0 Å². The van der Waals surface area contributed by atoms with Gasteiger partial charge in [0.05, 0.1) is 22.4 Å². The molecule has 0 spiro atoms. The lowest BCUT2D eigenvalue weighted by atomic mass is 9.80. The highest BCUT2D eigenvalue weighted by Crippen LogP contribution is 2.43. The molecule has 6 heteroatoms. The number of hydrogen-bond donors (Lipinski definition) is 0. The van der Waals surface area contributed by atoms with Crippen LogP contribution >= 0.6 is 0 Å². The molecule has 0 bridgehead atoms. The van der Waals surface area contributed by atoms with Crippen molar-refractivity contribution < 1.29 is 9.42 Å². The average molecular weight is 842 g/mol. The molecule has 0 radical (unpaired) electrons. The van der Waals surface area contributed by atoms with Crippen LogP contribution in [0.2, 0.25) is 0 Å². The zero-order valence-corrected chi connectivity index (χ0v) is 39.2. The van der Waals surface area contributed by atoms with Crippen LogP contribution in [0.1, 0.15) is 104 Å². The van der Waals surface area contributed by atoms with Gasteiger partial charge in [0.25, 0.3) is 6.33 Å². The van der Waals surface area contributed by atoms with Crippen molar-refractivity contribution in [3.8, 4) is 39.8 Å². The van der Waals surface area contributed by atoms with E-state index in [2.05, 4.69) is 237 Å². The number of hydrogen-bond acceptors (Lipinski definition) is 3. The Morgan fingerprint density at radius 2 is 1.17 bits per heavy atom. The summed E-state index contributed by atoms with van der Waals surface area (Å²) in [6, 6.07) is 53.6. The molecule has 0 amide bonds. The van der Waals surface area contributed by atoms with E-state index < -0.39 is 5.41 Å². The van der Waals surface area contributed by atoms with Gasteiger partial charge in [0.2, 0.25) is 0 Å². The van der Waals surface area contributed by atoms with Crippen LogP contribution in [0.3, 0.4) is 0 Å². The Labute approximate surface area is 378 Å². The molecule has 6 aromatic carbocycles. The molecule has 0 aliphatic carbocycles. The molecule has 9 aromatic rings. The molecule has 0 aliphatic rings. The van der Waals surface area contributed by atoms with E-state index in [0.29, 0.717) is 5.75 Å². The fraction of sp³-hybridized carbons (Fsp3) is 0.259. The Bertz CT molecular complexity index is 3120. The second kappa shape index (κ2) is 15.8. The Balaban J connectivity index is 1.21. The largest absolute Gasteiger partial charge is 0.458 e. The van der Waals surface area contributed by atoms with Crippen molar-refractivity contribution in [2.45, 2.75) is 97.8 Å². The van der Waals surface area contributed by atoms with Crippen LogP contribution in [0.5, 0.6) is 11.5 Å². The second-order valence-electron chi connectivity index (χ2n) is 20.8. The molecule has 64 heavy (non-hydrogen) atoms. The molecular formula is C58H59N5O. The second-order valence-corrected chi connectivity index (χ2v) is 20.8. The van der Waals surface area contributed by atoms with Gasteiger partial charge in [-0.3, -0.25) is 9.13 Å². The maximum atomic E-state index is 7.00. The number of nitrogens with zero attached hydrogens (tertiary/aromatic N) is 5. The van der Waals surface area contributed by atoms with Gasteiger partial charge in [-0.05, 0) is 86.0 Å². The Hall–Kier alpha value is -6.79. The van der Waals surface area contributed by atoms with E-state index in [0.717, 1.165) is 67.3 Å². The SMILES string of the molecule is CC(C)(C)c1cc(-[n+]2[c-]n(-c3cccc(Oc4cc(-c5ccccc5)c5c6ccccc6n(-c6cc(C(C)(C)C)ccn6)c5c4)c3)c(C(C)(C)c3ccccc3)n2)cc(C(C)(C)C)c1. The van der Waals surface area contributed by atoms with E-state index in [4.69, 9.17) is 14.8 Å². The maximum Gasteiger partial charge on any atom is 0.273 e. The summed E-state index contributed by atoms with van der Waals surface area (Å²) >= 11 is 0. The fourth-order valence-electron chi connectivity index (χ4n) is 8.64. The van der Waals surface area contributed by atoms with E-state index in [9.17, 15) is 0 Å². The molecule has 322 valence electrons. The normalized spacial score (nSPS) is 12.6. The lowest BCUT2D eigenvalue weighted by Crippen LogP contribution is -2.35. The first kappa shape index (κ1) is 42.5. The summed E-state index contributed by atoms with van der Waals surface area (Å²) in [4.78, 5) is 4.97. The van der Waals surface area contributed by atoms with Crippen LogP contribution in [0.15, 0.2) is 158 Å². The quantitative estimate of drug-likeness (QED) is 0.113. The minimum absolute atomic E-state index is 0.0428. The predicted molar refractivity (Wildman–Crippen MR) is 263 cm³/mol. The zero-order chi connectivity index (χ0) is 45.2. The van der Waals surface area contributed by atoms with Crippen molar-refractivity contribution in [1.82, 2.24) is 19.2 Å². The van der Waals surface area contributed by atoms with Crippen LogP contribution in [0, 0.1) is 6.33 Å². The number of pyridine rings is 1. The third kappa shape index (κ3) is 8.02. The molecule has 0 saturated carbocycles. The number of fused-ring (bicyclic) bond motifs is 3. The number of benzene rings is 6. The molecule has 0 atom stereocenters. The fourth-order valence-corrected chi connectivity index (χ4v) is 8.64. The number of rotatable bonds is 8. The van der Waals surface area contributed by atoms with Crippen molar-refractivity contribution >= 4 is 21.8 Å². The van der Waals surface area contributed by atoms with Crippen LogP contribution in [-0.4, -0.2) is 19.2 Å². The minimum Gasteiger partial charge on any atom is -0.458 e. The molecule has 0 unspecified atom stereocenters. The summed E-state index contributed by atoms with van der Waals surface area (Å²) in [5.41, 5.74) is 10.5. The summed E-state index contributed by atoms with van der Waals surface area (Å²) in [5, 5.41) is 7.71. The molecule has 3 heterocycles. The van der Waals surface area contributed by atoms with Crippen LogP contribution < -0.4 is 9.42 Å². The molecule has 0 saturated heterocycles. The van der Waals surface area contributed by atoms with Crippen molar-refractivity contribution in [3.63, 3.8) is 0 Å². The summed E-state index contributed by atoms with van der Waals surface area (Å²) in [5.74, 6) is 3.16. The van der Waals surface area contributed by atoms with E-state index in [1.54, 1.807) is 0 Å². The average Bonchev–Trinajstić information content (AvgIpc) is 3.87. The van der Waals surface area contributed by atoms with Crippen molar-refractivity contribution in [3.05, 3.63) is 192 Å². The summed E-state index contributed by atoms with van der Waals surface area (Å²) in [6.45, 7) is 24.8. The van der Waals surface area contributed by atoms with Gasteiger partial charge in [0, 0.05) is 28.5 Å². The van der Waals surface area contributed by atoms with E-state index in [-0.39, 0.29) is 16.2 Å². The molecule has 0 fully saturated rings. The number of aromatic nitrogens is 5. The smallest absolute Gasteiger partial charge is 0.273 e. The minimum atomic E-state index is -0.476. The van der Waals surface area contributed by atoms with E-state index >= 15 is 0 Å². The van der Waals surface area contributed by atoms with Gasteiger partial charge in [-0.2, -0.15) is 4.68 Å². The Kier molecular flexibility index (Phi) is 10.5. The molecule has 3 aromatic heterocycles. The molecule has 0 aliphatic heterocycles. The number of ether oxygens (including phenoxy) is 1. The van der Waals surface area contributed by atoms with Gasteiger partial charge in [0.15, 0.2) is 5.82 Å². The highest BCUT2D eigenvalue weighted by molar-refractivity contribution is 6.16. The van der Waals surface area contributed by atoms with Crippen molar-refractivity contribution in [2.24, 2.45) is 0 Å². The first-order chi connectivity index (χ1) is 30.4. The van der Waals surface area contributed by atoms with Crippen LogP contribution in [-0.2, 0) is 21.7 Å². The molecular weight excluding hydrogens is 783 g/mol. The summed E-state index contributed by atoms with van der Waals surface area (Å²) in [6.07, 6.45) is 5.63. The van der Waals surface area contributed by atoms with Gasteiger partial charge >= 0.3 is 0 Å². The van der Waals surface area contributed by atoms with Crippen molar-refractivity contribution in [2.75, 3.05) is 0 Å². The first-order valence-electron chi connectivity index (χ1n) is 22.4. The topological polar surface area (TPSA) is 48.8 Å². The Morgan fingerprint density at radius 1 is 0.531 bits per heavy atom. The number of para-hydroxylation sites is 1. The van der Waals surface area contributed by atoms with Gasteiger partial charge in [-0.15, -0.1) is 5.10 Å². The lowest BCUT2D eigenvalue weighted by molar-refractivity contribution is -0.662. The van der Waals surface area contributed by atoms with E-state index in [1.165, 1.54) is 16.7 Å². The Morgan fingerprint density at radius 3 is 1.84 bits per heavy atom. The van der Waals surface area contributed by atoms with Gasteiger partial charge in [-0.25, -0.2) is 4.98 Å². The molecule has 6 nitrogen and oxygen atoms in total. The highest BCUT2D eigenvalue weighted by Gasteiger charge is 2.32. The van der Waals surface area contributed by atoms with Crippen molar-refractivity contribution in [1.29, 1.82) is 0 Å².